The molecule has 0 N–H and O–H groups in total. The van der Waals surface area contributed by atoms with Gasteiger partial charge in [0.1, 0.15) is 5.75 Å². The van der Waals surface area contributed by atoms with Gasteiger partial charge in [-0.1, -0.05) is 12.9 Å². The third kappa shape index (κ3) is 2.67. The highest BCUT2D eigenvalue weighted by Crippen LogP contribution is 2.25. The van der Waals surface area contributed by atoms with Crippen molar-refractivity contribution in [3.05, 3.63) is 59.7 Å². The molecule has 0 radical (unpaired) electrons. The van der Waals surface area contributed by atoms with E-state index in [1.807, 2.05) is 49.3 Å². The van der Waals surface area contributed by atoms with Gasteiger partial charge in [0.05, 0.1) is 12.1 Å². The highest BCUT2D eigenvalue weighted by Gasteiger charge is 2.23. The molecule has 2 aromatic carbocycles. The van der Waals surface area contributed by atoms with Crippen LogP contribution in [0.1, 0.15) is 22.8 Å². The maximum Gasteiger partial charge on any atom is 0.324 e. The van der Waals surface area contributed by atoms with Crippen molar-refractivity contribution in [2.45, 2.75) is 20.4 Å². The molecule has 0 spiro atoms. The Kier molecular flexibility index (Phi) is 3.58. The number of nitrogens with zero attached hydrogens (tertiary/aromatic N) is 1. The van der Waals surface area contributed by atoms with E-state index in [1.165, 1.54) is 5.46 Å². The number of aromatic nitrogens is 1. The number of benzene rings is 2. The molecule has 0 saturated carbocycles. The molecule has 4 rings (SSSR count). The van der Waals surface area contributed by atoms with Gasteiger partial charge in [0, 0.05) is 17.0 Å². The second kappa shape index (κ2) is 5.76. The summed E-state index contributed by atoms with van der Waals surface area (Å²) in [6.45, 7) is 4.37. The smallest absolute Gasteiger partial charge is 0.324 e. The van der Waals surface area contributed by atoms with E-state index in [2.05, 4.69) is 4.98 Å². The Bertz CT molecular complexity index is 954. The summed E-state index contributed by atoms with van der Waals surface area (Å²) in [7, 11) is 0. The van der Waals surface area contributed by atoms with E-state index in [1.54, 1.807) is 13.0 Å². The summed E-state index contributed by atoms with van der Waals surface area (Å²) >= 11 is 0. The minimum atomic E-state index is 0.0480. The minimum Gasteiger partial charge on any atom is -0.439 e. The van der Waals surface area contributed by atoms with E-state index in [-0.39, 0.29) is 12.7 Å². The normalized spacial score (nSPS) is 13.2. The van der Waals surface area contributed by atoms with Crippen LogP contribution >= 0.6 is 0 Å². The first kappa shape index (κ1) is 14.9. The molecule has 1 aromatic heterocycles. The van der Waals surface area contributed by atoms with Gasteiger partial charge in [-0.15, -0.1) is 0 Å². The van der Waals surface area contributed by atoms with Gasteiger partial charge >= 0.3 is 6.92 Å². The van der Waals surface area contributed by atoms with Gasteiger partial charge in [-0.05, 0) is 54.3 Å². The van der Waals surface area contributed by atoms with Crippen LogP contribution in [-0.2, 0) is 11.3 Å². The molecule has 2 heterocycles. The molecule has 0 fully saturated rings. The number of carbonyl (C=O) groups is 1. The molecule has 1 aliphatic rings. The van der Waals surface area contributed by atoms with E-state index in [4.69, 9.17) is 9.39 Å². The van der Waals surface area contributed by atoms with Crippen LogP contribution < -0.4 is 10.2 Å². The standard InChI is InChI=1S/C19H16BNO3/c1-12(22)13-3-7-18-14(9-13)4-8-19(21-18)24-16-5-6-17-15(10-16)11-23-20(17)2/h3-10H,11H2,1-2H3. The van der Waals surface area contributed by atoms with Gasteiger partial charge in [-0.3, -0.25) is 4.79 Å². The maximum atomic E-state index is 11.5. The van der Waals surface area contributed by atoms with Crippen molar-refractivity contribution in [3.63, 3.8) is 0 Å². The lowest BCUT2D eigenvalue weighted by Gasteiger charge is -2.08. The van der Waals surface area contributed by atoms with Crippen LogP contribution in [0.5, 0.6) is 11.6 Å². The molecule has 0 atom stereocenters. The molecule has 0 bridgehead atoms. The summed E-state index contributed by atoms with van der Waals surface area (Å²) in [5.74, 6) is 1.33. The van der Waals surface area contributed by atoms with Crippen LogP contribution in [0.3, 0.4) is 0 Å². The first-order valence-corrected chi connectivity index (χ1v) is 7.94. The maximum absolute atomic E-state index is 11.5. The number of ether oxygens (including phenoxy) is 1. The monoisotopic (exact) mass is 317 g/mol. The van der Waals surface area contributed by atoms with Crippen molar-refractivity contribution in [1.29, 1.82) is 0 Å². The average Bonchev–Trinajstić information content (AvgIpc) is 2.95. The molecule has 118 valence electrons. The van der Waals surface area contributed by atoms with Gasteiger partial charge in [0.2, 0.25) is 5.88 Å². The predicted molar refractivity (Wildman–Crippen MR) is 94.3 cm³/mol. The van der Waals surface area contributed by atoms with Gasteiger partial charge < -0.3 is 9.39 Å². The van der Waals surface area contributed by atoms with Crippen molar-refractivity contribution in [3.8, 4) is 11.6 Å². The summed E-state index contributed by atoms with van der Waals surface area (Å²) in [5.41, 5.74) is 3.86. The first-order chi connectivity index (χ1) is 11.6. The number of carbonyl (C=O) groups excluding carboxylic acids is 1. The van der Waals surface area contributed by atoms with Crippen molar-refractivity contribution in [2.75, 3.05) is 0 Å². The van der Waals surface area contributed by atoms with Crippen molar-refractivity contribution >= 4 is 29.1 Å². The third-order valence-electron chi connectivity index (χ3n) is 4.33. The molecule has 0 amide bonds. The van der Waals surface area contributed by atoms with Crippen molar-refractivity contribution in [2.24, 2.45) is 0 Å². The fraction of sp³-hybridized carbons (Fsp3) is 0.158. The summed E-state index contributed by atoms with van der Waals surface area (Å²) in [6, 6.07) is 15.2. The van der Waals surface area contributed by atoms with E-state index < -0.39 is 0 Å². The van der Waals surface area contributed by atoms with Crippen LogP contribution in [-0.4, -0.2) is 17.7 Å². The zero-order chi connectivity index (χ0) is 16.7. The van der Waals surface area contributed by atoms with Crippen molar-refractivity contribution in [1.82, 2.24) is 4.98 Å². The van der Waals surface area contributed by atoms with E-state index in [0.717, 1.165) is 22.2 Å². The SMILES string of the molecule is CB1OCc2cc(Oc3ccc4cc(C(C)=O)ccc4n3)ccc21. The fourth-order valence-corrected chi connectivity index (χ4v) is 2.98. The van der Waals surface area contributed by atoms with Crippen LogP contribution in [0.15, 0.2) is 48.5 Å². The number of ketones is 1. The molecule has 0 saturated heterocycles. The Balaban J connectivity index is 1.63. The van der Waals surface area contributed by atoms with Crippen LogP contribution in [0.25, 0.3) is 10.9 Å². The molecule has 0 unspecified atom stereocenters. The van der Waals surface area contributed by atoms with Gasteiger partial charge in [-0.2, -0.15) is 0 Å². The number of hydrogen-bond donors (Lipinski definition) is 0. The Morgan fingerprint density at radius 1 is 1.17 bits per heavy atom. The fourth-order valence-electron chi connectivity index (χ4n) is 2.98. The van der Waals surface area contributed by atoms with Gasteiger partial charge in [0.25, 0.3) is 0 Å². The number of fused-ring (bicyclic) bond motifs is 2. The molecule has 3 aromatic rings. The molecule has 24 heavy (non-hydrogen) atoms. The predicted octanol–water partition coefficient (Wildman–Crippen LogP) is 3.59. The largest absolute Gasteiger partial charge is 0.439 e. The zero-order valence-corrected chi connectivity index (χ0v) is 13.6. The Morgan fingerprint density at radius 3 is 2.88 bits per heavy atom. The molecule has 1 aliphatic heterocycles. The summed E-state index contributed by atoms with van der Waals surface area (Å²) < 4.78 is 11.5. The van der Waals surface area contributed by atoms with E-state index in [0.29, 0.717) is 18.1 Å². The highest BCUT2D eigenvalue weighted by molar-refractivity contribution is 6.67. The van der Waals surface area contributed by atoms with Gasteiger partial charge in [0.15, 0.2) is 5.78 Å². The molecular weight excluding hydrogens is 301 g/mol. The van der Waals surface area contributed by atoms with Crippen LogP contribution in [0, 0.1) is 0 Å². The lowest BCUT2D eigenvalue weighted by Crippen LogP contribution is -2.23. The molecule has 5 heteroatoms. The Hall–Kier alpha value is -2.66. The Morgan fingerprint density at radius 2 is 2.04 bits per heavy atom. The van der Waals surface area contributed by atoms with Crippen LogP contribution in [0.4, 0.5) is 0 Å². The first-order valence-electron chi connectivity index (χ1n) is 7.94. The highest BCUT2D eigenvalue weighted by atomic mass is 16.5. The number of Topliss-reactive ketones (excluding diaryl/α,β-unsaturated/α-hetero) is 1. The van der Waals surface area contributed by atoms with E-state index >= 15 is 0 Å². The quantitative estimate of drug-likeness (QED) is 0.547. The second-order valence-electron chi connectivity index (χ2n) is 6.03. The van der Waals surface area contributed by atoms with E-state index in [9.17, 15) is 4.79 Å². The van der Waals surface area contributed by atoms with Crippen LogP contribution in [0.2, 0.25) is 6.82 Å². The lowest BCUT2D eigenvalue weighted by molar-refractivity contribution is 0.101. The summed E-state index contributed by atoms with van der Waals surface area (Å²) in [5, 5.41) is 0.922. The van der Waals surface area contributed by atoms with Gasteiger partial charge in [-0.25, -0.2) is 4.98 Å². The molecule has 4 nitrogen and oxygen atoms in total. The Labute approximate surface area is 140 Å². The minimum absolute atomic E-state index is 0.0480. The number of hydrogen-bond acceptors (Lipinski definition) is 4. The summed E-state index contributed by atoms with van der Waals surface area (Å²) in [4.78, 5) is 16.0. The lowest BCUT2D eigenvalue weighted by atomic mass is 9.64. The topological polar surface area (TPSA) is 48.4 Å². The summed E-state index contributed by atoms with van der Waals surface area (Å²) in [6.07, 6.45) is 0. The van der Waals surface area contributed by atoms with Crippen molar-refractivity contribution < 1.29 is 14.2 Å². The third-order valence-corrected chi connectivity index (χ3v) is 4.33. The number of pyridine rings is 1. The zero-order valence-electron chi connectivity index (χ0n) is 13.6. The molecular formula is C19H16BNO3. The number of rotatable bonds is 3. The molecule has 0 aliphatic carbocycles. The average molecular weight is 317 g/mol. The second-order valence-corrected chi connectivity index (χ2v) is 6.03.